The Morgan fingerprint density at radius 3 is 2.61 bits per heavy atom. The second-order valence-corrected chi connectivity index (χ2v) is 7.85. The lowest BCUT2D eigenvalue weighted by Gasteiger charge is -2.34. The van der Waals surface area contributed by atoms with Crippen molar-refractivity contribution in [1.29, 1.82) is 0 Å². The second kappa shape index (κ2) is 9.28. The van der Waals surface area contributed by atoms with E-state index in [4.69, 9.17) is 22.1 Å². The summed E-state index contributed by atoms with van der Waals surface area (Å²) in [5, 5.41) is 6.81. The number of methoxy groups -OCH3 is 1. The van der Waals surface area contributed by atoms with Crippen LogP contribution in [0.1, 0.15) is 0 Å². The Morgan fingerprint density at radius 1 is 1.06 bits per heavy atom. The van der Waals surface area contributed by atoms with Crippen molar-refractivity contribution >= 4 is 46.1 Å². The van der Waals surface area contributed by atoms with Gasteiger partial charge < -0.3 is 30.9 Å². The Hall–Kier alpha value is -3.23. The molecule has 0 aliphatic carbocycles. The molecule has 0 spiro atoms. The summed E-state index contributed by atoms with van der Waals surface area (Å²) in [6.07, 6.45) is 1.55. The number of nitrogens with zero attached hydrogens (tertiary/aromatic N) is 4. The molecule has 31 heavy (non-hydrogen) atoms. The molecule has 8 nitrogen and oxygen atoms in total. The molecule has 2 aromatic carbocycles. The number of rotatable bonds is 6. The molecule has 0 unspecified atom stereocenters. The van der Waals surface area contributed by atoms with Crippen LogP contribution in [0.4, 0.5) is 34.5 Å². The van der Waals surface area contributed by atoms with Gasteiger partial charge in [-0.2, -0.15) is 4.98 Å². The predicted octanol–water partition coefficient (Wildman–Crippen LogP) is 3.96. The van der Waals surface area contributed by atoms with E-state index in [1.807, 2.05) is 36.4 Å². The highest BCUT2D eigenvalue weighted by atomic mass is 35.5. The van der Waals surface area contributed by atoms with Gasteiger partial charge in [0.05, 0.1) is 19.0 Å². The molecule has 1 aromatic heterocycles. The van der Waals surface area contributed by atoms with Crippen LogP contribution in [0.25, 0.3) is 0 Å². The lowest BCUT2D eigenvalue weighted by Crippen LogP contribution is -2.44. The Balaban J connectivity index is 1.53. The summed E-state index contributed by atoms with van der Waals surface area (Å²) >= 11 is 6.28. The van der Waals surface area contributed by atoms with Crippen molar-refractivity contribution in [2.24, 2.45) is 0 Å². The summed E-state index contributed by atoms with van der Waals surface area (Å²) in [5.41, 5.74) is 9.20. The van der Waals surface area contributed by atoms with Crippen molar-refractivity contribution in [2.75, 3.05) is 61.6 Å². The van der Waals surface area contributed by atoms with Crippen LogP contribution >= 0.6 is 11.6 Å². The first-order chi connectivity index (χ1) is 15.0. The van der Waals surface area contributed by atoms with E-state index < -0.39 is 0 Å². The average molecular weight is 440 g/mol. The number of nitrogen functional groups attached to an aromatic ring is 1. The molecule has 0 atom stereocenters. The number of ether oxygens (including phenoxy) is 1. The fourth-order valence-corrected chi connectivity index (χ4v) is 3.57. The number of piperazine rings is 1. The van der Waals surface area contributed by atoms with Crippen LogP contribution in [0.5, 0.6) is 5.75 Å². The van der Waals surface area contributed by atoms with Crippen LogP contribution in [0.2, 0.25) is 5.02 Å². The summed E-state index contributed by atoms with van der Waals surface area (Å²) < 4.78 is 5.62. The van der Waals surface area contributed by atoms with E-state index in [2.05, 4.69) is 43.5 Å². The van der Waals surface area contributed by atoms with Gasteiger partial charge in [-0.25, -0.2) is 4.98 Å². The van der Waals surface area contributed by atoms with E-state index in [1.165, 1.54) is 0 Å². The highest BCUT2D eigenvalue weighted by molar-refractivity contribution is 6.32. The van der Waals surface area contributed by atoms with E-state index >= 15 is 0 Å². The van der Waals surface area contributed by atoms with Gasteiger partial charge >= 0.3 is 0 Å². The summed E-state index contributed by atoms with van der Waals surface area (Å²) in [7, 11) is 3.80. The second-order valence-electron chi connectivity index (χ2n) is 7.44. The highest BCUT2D eigenvalue weighted by Gasteiger charge is 2.16. The van der Waals surface area contributed by atoms with E-state index in [9.17, 15) is 0 Å². The zero-order valence-electron chi connectivity index (χ0n) is 17.6. The number of halogens is 1. The molecule has 4 N–H and O–H groups in total. The Kier molecular flexibility index (Phi) is 6.29. The normalized spacial score (nSPS) is 14.4. The average Bonchev–Trinajstić information content (AvgIpc) is 2.77. The molecule has 1 aliphatic heterocycles. The number of hydrogen-bond acceptors (Lipinski definition) is 8. The van der Waals surface area contributed by atoms with Crippen molar-refractivity contribution in [3.63, 3.8) is 0 Å². The summed E-state index contributed by atoms with van der Waals surface area (Å²) in [4.78, 5) is 13.5. The number of benzene rings is 2. The third-order valence-corrected chi connectivity index (χ3v) is 5.47. The van der Waals surface area contributed by atoms with Crippen LogP contribution in [-0.4, -0.2) is 55.2 Å². The van der Waals surface area contributed by atoms with Gasteiger partial charge in [-0.15, -0.1) is 0 Å². The van der Waals surface area contributed by atoms with E-state index in [0.717, 1.165) is 49.0 Å². The molecule has 0 bridgehead atoms. The van der Waals surface area contributed by atoms with Gasteiger partial charge in [-0.3, -0.25) is 0 Å². The standard InChI is InChI=1S/C22H26ClN7O/c1-29-8-10-30(11-9-29)17-6-7-19(20(13-17)31-2)27-22-25-14-18(23)21(28-22)26-16-5-3-4-15(24)12-16/h3-7,12-14H,8-11,24H2,1-2H3,(H2,25,26,27,28). The molecule has 1 aliphatic rings. The lowest BCUT2D eigenvalue weighted by atomic mass is 10.2. The van der Waals surface area contributed by atoms with Gasteiger partial charge in [0.15, 0.2) is 5.82 Å². The third kappa shape index (κ3) is 5.10. The minimum absolute atomic E-state index is 0.404. The number of nitrogens with two attached hydrogens (primary N) is 1. The first kappa shape index (κ1) is 21.0. The minimum Gasteiger partial charge on any atom is -0.494 e. The van der Waals surface area contributed by atoms with Crippen LogP contribution in [0, 0.1) is 0 Å². The van der Waals surface area contributed by atoms with Gasteiger partial charge in [0, 0.05) is 49.3 Å². The summed E-state index contributed by atoms with van der Waals surface area (Å²) in [6, 6.07) is 13.5. The van der Waals surface area contributed by atoms with Crippen LogP contribution < -0.4 is 26.0 Å². The van der Waals surface area contributed by atoms with Crippen molar-refractivity contribution in [3.05, 3.63) is 53.7 Å². The van der Waals surface area contributed by atoms with Gasteiger partial charge in [0.25, 0.3) is 0 Å². The van der Waals surface area contributed by atoms with Crippen LogP contribution in [0.3, 0.4) is 0 Å². The SMILES string of the molecule is COc1cc(N2CCN(C)CC2)ccc1Nc1ncc(Cl)c(Nc2cccc(N)c2)n1. The van der Waals surface area contributed by atoms with Crippen molar-refractivity contribution in [3.8, 4) is 5.75 Å². The molecule has 9 heteroatoms. The molecule has 0 radical (unpaired) electrons. The smallest absolute Gasteiger partial charge is 0.229 e. The molecule has 1 fully saturated rings. The lowest BCUT2D eigenvalue weighted by molar-refractivity contribution is 0.312. The van der Waals surface area contributed by atoms with Crippen LogP contribution in [-0.2, 0) is 0 Å². The predicted molar refractivity (Wildman–Crippen MR) is 127 cm³/mol. The maximum absolute atomic E-state index is 6.28. The molecular weight excluding hydrogens is 414 g/mol. The minimum atomic E-state index is 0.404. The van der Waals surface area contributed by atoms with Crippen molar-refractivity contribution < 1.29 is 4.74 Å². The number of anilines is 6. The topological polar surface area (TPSA) is 91.6 Å². The molecule has 0 saturated carbocycles. The van der Waals surface area contributed by atoms with Gasteiger partial charge in [0.2, 0.25) is 5.95 Å². The number of likely N-dealkylation sites (N-methyl/N-ethyl adjacent to an activating group) is 1. The largest absolute Gasteiger partial charge is 0.494 e. The van der Waals surface area contributed by atoms with Crippen molar-refractivity contribution in [1.82, 2.24) is 14.9 Å². The molecule has 4 rings (SSSR count). The summed E-state index contributed by atoms with van der Waals surface area (Å²) in [5.74, 6) is 1.61. The Bertz CT molecular complexity index is 1050. The molecule has 162 valence electrons. The first-order valence-electron chi connectivity index (χ1n) is 10.1. The third-order valence-electron chi connectivity index (χ3n) is 5.19. The van der Waals surface area contributed by atoms with Crippen LogP contribution in [0.15, 0.2) is 48.7 Å². The fourth-order valence-electron chi connectivity index (χ4n) is 3.43. The molecule has 1 saturated heterocycles. The van der Waals surface area contributed by atoms with E-state index in [1.54, 1.807) is 13.3 Å². The quantitative estimate of drug-likeness (QED) is 0.497. The van der Waals surface area contributed by atoms with Crippen molar-refractivity contribution in [2.45, 2.75) is 0 Å². The zero-order chi connectivity index (χ0) is 21.8. The monoisotopic (exact) mass is 439 g/mol. The maximum Gasteiger partial charge on any atom is 0.229 e. The highest BCUT2D eigenvalue weighted by Crippen LogP contribution is 2.33. The first-order valence-corrected chi connectivity index (χ1v) is 10.4. The fraction of sp³-hybridized carbons (Fsp3) is 0.273. The number of nitrogens with one attached hydrogen (secondary N) is 2. The molecule has 0 amide bonds. The number of hydrogen-bond donors (Lipinski definition) is 3. The Labute approximate surface area is 187 Å². The maximum atomic E-state index is 6.28. The van der Waals surface area contributed by atoms with Gasteiger partial charge in [-0.1, -0.05) is 17.7 Å². The van der Waals surface area contributed by atoms with E-state index in [0.29, 0.717) is 22.5 Å². The molecule has 2 heterocycles. The number of aromatic nitrogens is 2. The molecular formula is C22H26ClN7O. The zero-order valence-corrected chi connectivity index (χ0v) is 18.4. The Morgan fingerprint density at radius 2 is 1.87 bits per heavy atom. The van der Waals surface area contributed by atoms with E-state index in [-0.39, 0.29) is 0 Å². The van der Waals surface area contributed by atoms with Gasteiger partial charge in [-0.05, 0) is 37.4 Å². The summed E-state index contributed by atoms with van der Waals surface area (Å²) in [6.45, 7) is 4.07. The van der Waals surface area contributed by atoms with Gasteiger partial charge in [0.1, 0.15) is 10.8 Å². The molecule has 3 aromatic rings.